The summed E-state index contributed by atoms with van der Waals surface area (Å²) in [6.45, 7) is 1.86. The maximum Gasteiger partial charge on any atom is 0.165 e. The smallest absolute Gasteiger partial charge is 0.165 e. The number of methoxy groups -OCH3 is 1. The Balaban J connectivity index is 1.84. The van der Waals surface area contributed by atoms with Gasteiger partial charge in [-0.1, -0.05) is 24.3 Å². The van der Waals surface area contributed by atoms with E-state index < -0.39 is 0 Å². The van der Waals surface area contributed by atoms with Crippen LogP contribution in [0.3, 0.4) is 0 Å². The van der Waals surface area contributed by atoms with Gasteiger partial charge in [0.25, 0.3) is 0 Å². The van der Waals surface area contributed by atoms with Crippen LogP contribution in [0.25, 0.3) is 11.4 Å². The Morgan fingerprint density at radius 3 is 2.64 bits per heavy atom. The molecule has 2 aromatic carbocycles. The van der Waals surface area contributed by atoms with E-state index in [1.54, 1.807) is 37.6 Å². The zero-order chi connectivity index (χ0) is 17.6. The SMILES string of the molecule is COc1ccccc1/C=N\Nc1cc(C)nc(-c2ccccc2O)n1. The number of phenolic OH excluding ortho intramolecular Hbond substituents is 1. The van der Waals surface area contributed by atoms with Crippen LogP contribution >= 0.6 is 0 Å². The number of aromatic nitrogens is 2. The fraction of sp³-hybridized carbons (Fsp3) is 0.105. The number of phenols is 1. The largest absolute Gasteiger partial charge is 0.507 e. The van der Waals surface area contributed by atoms with Crippen LogP contribution < -0.4 is 10.2 Å². The lowest BCUT2D eigenvalue weighted by atomic mass is 10.2. The number of aryl methyl sites for hydroxylation is 1. The van der Waals surface area contributed by atoms with E-state index in [0.717, 1.165) is 17.0 Å². The summed E-state index contributed by atoms with van der Waals surface area (Å²) < 4.78 is 5.28. The summed E-state index contributed by atoms with van der Waals surface area (Å²) >= 11 is 0. The second-order valence-corrected chi connectivity index (χ2v) is 5.35. The van der Waals surface area contributed by atoms with E-state index in [1.807, 2.05) is 37.3 Å². The van der Waals surface area contributed by atoms with Crippen molar-refractivity contribution in [1.82, 2.24) is 9.97 Å². The molecule has 3 rings (SSSR count). The number of anilines is 1. The van der Waals surface area contributed by atoms with E-state index in [1.165, 1.54) is 0 Å². The molecule has 0 fully saturated rings. The van der Waals surface area contributed by atoms with Crippen LogP contribution in [0, 0.1) is 6.92 Å². The quantitative estimate of drug-likeness (QED) is 0.550. The van der Waals surface area contributed by atoms with E-state index in [0.29, 0.717) is 17.2 Å². The van der Waals surface area contributed by atoms with Gasteiger partial charge in [0.05, 0.1) is 18.9 Å². The maximum absolute atomic E-state index is 9.98. The number of para-hydroxylation sites is 2. The Kier molecular flexibility index (Phi) is 4.89. The van der Waals surface area contributed by atoms with Gasteiger partial charge >= 0.3 is 0 Å². The van der Waals surface area contributed by atoms with Crippen molar-refractivity contribution >= 4 is 12.0 Å². The number of hydrogen-bond donors (Lipinski definition) is 2. The fourth-order valence-electron chi connectivity index (χ4n) is 2.35. The maximum atomic E-state index is 9.98. The Bertz CT molecular complexity index is 909. The molecule has 2 N–H and O–H groups in total. The Morgan fingerprint density at radius 2 is 1.84 bits per heavy atom. The van der Waals surface area contributed by atoms with Crippen molar-refractivity contribution in [3.05, 3.63) is 65.9 Å². The summed E-state index contributed by atoms with van der Waals surface area (Å²) in [6, 6.07) is 16.3. The number of rotatable bonds is 5. The van der Waals surface area contributed by atoms with Crippen molar-refractivity contribution in [2.45, 2.75) is 6.92 Å². The molecule has 0 saturated heterocycles. The van der Waals surface area contributed by atoms with Crippen LogP contribution in [0.1, 0.15) is 11.3 Å². The molecule has 0 aliphatic rings. The van der Waals surface area contributed by atoms with Gasteiger partial charge < -0.3 is 9.84 Å². The van der Waals surface area contributed by atoms with Crippen molar-refractivity contribution in [2.75, 3.05) is 12.5 Å². The molecular formula is C19H18N4O2. The highest BCUT2D eigenvalue weighted by molar-refractivity contribution is 5.83. The molecule has 0 aliphatic carbocycles. The second kappa shape index (κ2) is 7.44. The standard InChI is InChI=1S/C19H18N4O2/c1-13-11-18(22-19(21-13)15-8-4-5-9-16(15)24)23-20-12-14-7-3-6-10-17(14)25-2/h3-12,24H,1-2H3,(H,21,22,23)/b20-12-. The van der Waals surface area contributed by atoms with E-state index in [2.05, 4.69) is 20.5 Å². The van der Waals surface area contributed by atoms with Gasteiger partial charge in [-0.3, -0.25) is 5.43 Å². The lowest BCUT2D eigenvalue weighted by Crippen LogP contribution is -1.99. The number of nitrogens with zero attached hydrogens (tertiary/aromatic N) is 3. The highest BCUT2D eigenvalue weighted by Crippen LogP contribution is 2.26. The molecule has 0 aliphatic heterocycles. The summed E-state index contributed by atoms with van der Waals surface area (Å²) in [6.07, 6.45) is 1.66. The normalized spacial score (nSPS) is 10.8. The predicted molar refractivity (Wildman–Crippen MR) is 98.1 cm³/mol. The average molecular weight is 334 g/mol. The Labute approximate surface area is 145 Å². The van der Waals surface area contributed by atoms with Gasteiger partial charge in [-0.2, -0.15) is 5.10 Å². The number of benzene rings is 2. The molecule has 0 unspecified atom stereocenters. The molecular weight excluding hydrogens is 316 g/mol. The topological polar surface area (TPSA) is 79.6 Å². The van der Waals surface area contributed by atoms with Gasteiger partial charge in [0.2, 0.25) is 0 Å². The molecule has 1 aromatic heterocycles. The van der Waals surface area contributed by atoms with Crippen LogP contribution in [0.5, 0.6) is 11.5 Å². The molecule has 3 aromatic rings. The first-order valence-electron chi connectivity index (χ1n) is 7.73. The number of aromatic hydroxyl groups is 1. The first-order valence-corrected chi connectivity index (χ1v) is 7.73. The fourth-order valence-corrected chi connectivity index (χ4v) is 2.35. The minimum atomic E-state index is 0.136. The third kappa shape index (κ3) is 3.92. The van der Waals surface area contributed by atoms with Gasteiger partial charge in [0.15, 0.2) is 11.6 Å². The van der Waals surface area contributed by atoms with Crippen LogP contribution in [-0.2, 0) is 0 Å². The molecule has 0 bridgehead atoms. The number of nitrogens with one attached hydrogen (secondary N) is 1. The van der Waals surface area contributed by atoms with E-state index in [4.69, 9.17) is 4.74 Å². The van der Waals surface area contributed by atoms with Crippen molar-refractivity contribution < 1.29 is 9.84 Å². The predicted octanol–water partition coefficient (Wildman–Crippen LogP) is 3.61. The first-order chi connectivity index (χ1) is 12.2. The van der Waals surface area contributed by atoms with Crippen LogP contribution in [0.15, 0.2) is 59.7 Å². The first kappa shape index (κ1) is 16.4. The number of ether oxygens (including phenoxy) is 1. The lowest BCUT2D eigenvalue weighted by Gasteiger charge is -2.07. The van der Waals surface area contributed by atoms with Gasteiger partial charge in [-0.05, 0) is 31.2 Å². The third-order valence-electron chi connectivity index (χ3n) is 3.52. The van der Waals surface area contributed by atoms with Gasteiger partial charge in [0, 0.05) is 17.3 Å². The zero-order valence-electron chi connectivity index (χ0n) is 14.0. The van der Waals surface area contributed by atoms with E-state index in [9.17, 15) is 5.11 Å². The van der Waals surface area contributed by atoms with Gasteiger partial charge in [-0.25, -0.2) is 9.97 Å². The van der Waals surface area contributed by atoms with Gasteiger partial charge in [0.1, 0.15) is 11.5 Å². The molecule has 0 saturated carbocycles. The number of hydrogen-bond acceptors (Lipinski definition) is 6. The molecule has 0 amide bonds. The van der Waals surface area contributed by atoms with E-state index in [-0.39, 0.29) is 5.75 Å². The van der Waals surface area contributed by atoms with E-state index >= 15 is 0 Å². The molecule has 0 radical (unpaired) electrons. The molecule has 6 heteroatoms. The monoisotopic (exact) mass is 334 g/mol. The highest BCUT2D eigenvalue weighted by atomic mass is 16.5. The Hall–Kier alpha value is -3.41. The van der Waals surface area contributed by atoms with Crippen molar-refractivity contribution in [2.24, 2.45) is 5.10 Å². The highest BCUT2D eigenvalue weighted by Gasteiger charge is 2.08. The molecule has 126 valence electrons. The number of hydrazone groups is 1. The zero-order valence-corrected chi connectivity index (χ0v) is 14.0. The van der Waals surface area contributed by atoms with Crippen molar-refractivity contribution in [3.8, 4) is 22.9 Å². The summed E-state index contributed by atoms with van der Waals surface area (Å²) in [7, 11) is 1.62. The summed E-state index contributed by atoms with van der Waals surface area (Å²) in [5.74, 6) is 1.85. The minimum Gasteiger partial charge on any atom is -0.507 e. The summed E-state index contributed by atoms with van der Waals surface area (Å²) in [5, 5.41) is 14.2. The van der Waals surface area contributed by atoms with Crippen LogP contribution in [0.4, 0.5) is 5.82 Å². The molecule has 0 spiro atoms. The second-order valence-electron chi connectivity index (χ2n) is 5.35. The summed E-state index contributed by atoms with van der Waals surface area (Å²) in [4.78, 5) is 8.79. The molecule has 6 nitrogen and oxygen atoms in total. The molecule has 0 atom stereocenters. The van der Waals surface area contributed by atoms with Gasteiger partial charge in [-0.15, -0.1) is 0 Å². The minimum absolute atomic E-state index is 0.136. The average Bonchev–Trinajstić information content (AvgIpc) is 2.62. The molecule has 25 heavy (non-hydrogen) atoms. The summed E-state index contributed by atoms with van der Waals surface area (Å²) in [5.41, 5.74) is 5.09. The van der Waals surface area contributed by atoms with Crippen molar-refractivity contribution in [3.63, 3.8) is 0 Å². The van der Waals surface area contributed by atoms with Crippen molar-refractivity contribution in [1.29, 1.82) is 0 Å². The Morgan fingerprint density at radius 1 is 1.08 bits per heavy atom. The third-order valence-corrected chi connectivity index (χ3v) is 3.52. The van der Waals surface area contributed by atoms with Crippen LogP contribution in [-0.4, -0.2) is 28.4 Å². The lowest BCUT2D eigenvalue weighted by molar-refractivity contribution is 0.414. The van der Waals surface area contributed by atoms with Crippen LogP contribution in [0.2, 0.25) is 0 Å². The molecule has 1 heterocycles.